The molecule has 0 heterocycles. The molecule has 1 aromatic rings. The Morgan fingerprint density at radius 2 is 2.00 bits per heavy atom. The second-order valence-corrected chi connectivity index (χ2v) is 5.36. The van der Waals surface area contributed by atoms with Gasteiger partial charge in [-0.15, -0.1) is 11.6 Å². The van der Waals surface area contributed by atoms with E-state index in [1.807, 2.05) is 13.8 Å². The Labute approximate surface area is 103 Å². The number of rotatable bonds is 3. The molecule has 2 heteroatoms. The SMILES string of the molecule is CC(C)(CCl)Oc1cccc2c1CCCC2. The lowest BCUT2D eigenvalue weighted by Gasteiger charge is -2.27. The van der Waals surface area contributed by atoms with E-state index in [4.69, 9.17) is 16.3 Å². The van der Waals surface area contributed by atoms with Gasteiger partial charge < -0.3 is 4.74 Å². The molecule has 0 radical (unpaired) electrons. The Hall–Kier alpha value is -0.690. The maximum Gasteiger partial charge on any atom is 0.123 e. The number of hydrogen-bond acceptors (Lipinski definition) is 1. The van der Waals surface area contributed by atoms with Gasteiger partial charge in [0.15, 0.2) is 0 Å². The molecule has 16 heavy (non-hydrogen) atoms. The van der Waals surface area contributed by atoms with Crippen molar-refractivity contribution in [2.45, 2.75) is 45.1 Å². The first-order valence-electron chi connectivity index (χ1n) is 5.98. The topological polar surface area (TPSA) is 9.23 Å². The predicted octanol–water partition coefficient (Wildman–Crippen LogP) is 3.96. The highest BCUT2D eigenvalue weighted by molar-refractivity contribution is 6.18. The molecule has 1 aliphatic carbocycles. The minimum Gasteiger partial charge on any atom is -0.486 e. The van der Waals surface area contributed by atoms with Gasteiger partial charge in [0.2, 0.25) is 0 Å². The molecule has 1 aliphatic rings. The molecule has 0 saturated heterocycles. The van der Waals surface area contributed by atoms with E-state index in [0.717, 1.165) is 12.2 Å². The van der Waals surface area contributed by atoms with Crippen molar-refractivity contribution in [1.29, 1.82) is 0 Å². The number of hydrogen-bond donors (Lipinski definition) is 0. The summed E-state index contributed by atoms with van der Waals surface area (Å²) in [6, 6.07) is 6.37. The first kappa shape index (κ1) is 11.8. The molecule has 0 unspecified atom stereocenters. The summed E-state index contributed by atoms with van der Waals surface area (Å²) in [7, 11) is 0. The number of fused-ring (bicyclic) bond motifs is 1. The minimum absolute atomic E-state index is 0.284. The molecule has 1 nitrogen and oxygen atoms in total. The quantitative estimate of drug-likeness (QED) is 0.725. The molecular formula is C14H19ClO. The lowest BCUT2D eigenvalue weighted by Crippen LogP contribution is -2.30. The van der Waals surface area contributed by atoms with Gasteiger partial charge in [0.25, 0.3) is 0 Å². The van der Waals surface area contributed by atoms with Crippen molar-refractivity contribution in [2.75, 3.05) is 5.88 Å². The van der Waals surface area contributed by atoms with Gasteiger partial charge in [-0.25, -0.2) is 0 Å². The molecule has 0 bridgehead atoms. The molecule has 0 aliphatic heterocycles. The first-order valence-corrected chi connectivity index (χ1v) is 6.51. The van der Waals surface area contributed by atoms with Crippen LogP contribution in [0.4, 0.5) is 0 Å². The van der Waals surface area contributed by atoms with Gasteiger partial charge in [-0.3, -0.25) is 0 Å². The fourth-order valence-corrected chi connectivity index (χ4v) is 2.22. The van der Waals surface area contributed by atoms with Crippen LogP contribution < -0.4 is 4.74 Å². The fraction of sp³-hybridized carbons (Fsp3) is 0.571. The second kappa shape index (κ2) is 4.67. The normalized spacial score (nSPS) is 15.7. The Morgan fingerprint density at radius 3 is 2.75 bits per heavy atom. The van der Waals surface area contributed by atoms with Crippen molar-refractivity contribution >= 4 is 11.6 Å². The van der Waals surface area contributed by atoms with Crippen LogP contribution in [0.1, 0.15) is 37.8 Å². The molecule has 88 valence electrons. The van der Waals surface area contributed by atoms with Crippen LogP contribution in [0.2, 0.25) is 0 Å². The van der Waals surface area contributed by atoms with E-state index in [9.17, 15) is 0 Å². The highest BCUT2D eigenvalue weighted by atomic mass is 35.5. The van der Waals surface area contributed by atoms with Crippen LogP contribution in [0.25, 0.3) is 0 Å². The van der Waals surface area contributed by atoms with Gasteiger partial charge in [-0.05, 0) is 56.7 Å². The lowest BCUT2D eigenvalue weighted by molar-refractivity contribution is 0.132. The predicted molar refractivity (Wildman–Crippen MR) is 68.5 cm³/mol. The van der Waals surface area contributed by atoms with Gasteiger partial charge in [0, 0.05) is 0 Å². The van der Waals surface area contributed by atoms with Crippen LogP contribution in [0.3, 0.4) is 0 Å². The van der Waals surface area contributed by atoms with E-state index in [-0.39, 0.29) is 5.60 Å². The van der Waals surface area contributed by atoms with Crippen molar-refractivity contribution in [2.24, 2.45) is 0 Å². The summed E-state index contributed by atoms with van der Waals surface area (Å²) in [5.74, 6) is 1.54. The van der Waals surface area contributed by atoms with Crippen LogP contribution >= 0.6 is 11.6 Å². The van der Waals surface area contributed by atoms with Crippen molar-refractivity contribution in [1.82, 2.24) is 0 Å². The fourth-order valence-electron chi connectivity index (χ4n) is 2.17. The van der Waals surface area contributed by atoms with Gasteiger partial charge in [0.05, 0.1) is 5.88 Å². The summed E-state index contributed by atoms with van der Waals surface area (Å²) in [5.41, 5.74) is 2.56. The Bertz CT molecular complexity index is 371. The summed E-state index contributed by atoms with van der Waals surface area (Å²) in [5, 5.41) is 0. The van der Waals surface area contributed by atoms with E-state index in [1.54, 1.807) is 0 Å². The van der Waals surface area contributed by atoms with Gasteiger partial charge in [0.1, 0.15) is 11.4 Å². The Kier molecular flexibility index (Phi) is 3.44. The second-order valence-electron chi connectivity index (χ2n) is 5.10. The summed E-state index contributed by atoms with van der Waals surface area (Å²) < 4.78 is 6.02. The molecule has 0 saturated carbocycles. The molecule has 0 aromatic heterocycles. The number of ether oxygens (including phenoxy) is 1. The zero-order chi connectivity index (χ0) is 11.6. The summed E-state index contributed by atoms with van der Waals surface area (Å²) >= 11 is 5.90. The lowest BCUT2D eigenvalue weighted by atomic mass is 9.91. The standard InChI is InChI=1S/C14H19ClO/c1-14(2,10-15)16-13-9-5-7-11-6-3-4-8-12(11)13/h5,7,9H,3-4,6,8,10H2,1-2H3. The largest absolute Gasteiger partial charge is 0.486 e. The summed E-state index contributed by atoms with van der Waals surface area (Å²) in [6.07, 6.45) is 4.90. The monoisotopic (exact) mass is 238 g/mol. The third-order valence-electron chi connectivity index (χ3n) is 3.06. The van der Waals surface area contributed by atoms with Gasteiger partial charge in [-0.1, -0.05) is 12.1 Å². The molecule has 0 atom stereocenters. The van der Waals surface area contributed by atoms with Gasteiger partial charge in [-0.2, -0.15) is 0 Å². The van der Waals surface area contributed by atoms with Crippen LogP contribution in [-0.4, -0.2) is 11.5 Å². The molecule has 0 amide bonds. The van der Waals surface area contributed by atoms with Crippen LogP contribution in [0.15, 0.2) is 18.2 Å². The maximum atomic E-state index is 6.02. The number of benzene rings is 1. The van der Waals surface area contributed by atoms with E-state index in [0.29, 0.717) is 5.88 Å². The number of halogens is 1. The van der Waals surface area contributed by atoms with Crippen molar-refractivity contribution in [3.05, 3.63) is 29.3 Å². The van der Waals surface area contributed by atoms with Gasteiger partial charge >= 0.3 is 0 Å². The van der Waals surface area contributed by atoms with E-state index in [1.165, 1.54) is 30.4 Å². The van der Waals surface area contributed by atoms with E-state index in [2.05, 4.69) is 18.2 Å². The van der Waals surface area contributed by atoms with Crippen LogP contribution in [0, 0.1) is 0 Å². The molecule has 1 aromatic carbocycles. The molecule has 2 rings (SSSR count). The first-order chi connectivity index (χ1) is 7.62. The van der Waals surface area contributed by atoms with E-state index >= 15 is 0 Å². The molecule has 0 N–H and O–H groups in total. The third-order valence-corrected chi connectivity index (χ3v) is 3.70. The maximum absolute atomic E-state index is 6.02. The average Bonchev–Trinajstić information content (AvgIpc) is 2.29. The zero-order valence-electron chi connectivity index (χ0n) is 10.1. The molecule has 0 fully saturated rings. The van der Waals surface area contributed by atoms with Crippen LogP contribution in [-0.2, 0) is 12.8 Å². The van der Waals surface area contributed by atoms with E-state index < -0.39 is 0 Å². The summed E-state index contributed by atoms with van der Waals surface area (Å²) in [4.78, 5) is 0. The van der Waals surface area contributed by atoms with Crippen molar-refractivity contribution < 1.29 is 4.74 Å². The van der Waals surface area contributed by atoms with Crippen molar-refractivity contribution in [3.8, 4) is 5.75 Å². The van der Waals surface area contributed by atoms with Crippen LogP contribution in [0.5, 0.6) is 5.75 Å². The van der Waals surface area contributed by atoms with Crippen molar-refractivity contribution in [3.63, 3.8) is 0 Å². The summed E-state index contributed by atoms with van der Waals surface area (Å²) in [6.45, 7) is 4.06. The number of alkyl halides is 1. The third kappa shape index (κ3) is 2.52. The smallest absolute Gasteiger partial charge is 0.123 e. The molecule has 0 spiro atoms. The number of aryl methyl sites for hydroxylation is 1. The minimum atomic E-state index is -0.284. The Balaban J connectivity index is 2.27. The molecular weight excluding hydrogens is 220 g/mol. The Morgan fingerprint density at radius 1 is 1.25 bits per heavy atom. The average molecular weight is 239 g/mol. The highest BCUT2D eigenvalue weighted by Crippen LogP contribution is 2.31. The highest BCUT2D eigenvalue weighted by Gasteiger charge is 2.21. The zero-order valence-corrected chi connectivity index (χ0v) is 10.8.